The maximum absolute atomic E-state index is 12.8. The summed E-state index contributed by atoms with van der Waals surface area (Å²) >= 11 is 0. The van der Waals surface area contributed by atoms with Gasteiger partial charge in [0.25, 0.3) is 5.91 Å². The first-order valence-corrected chi connectivity index (χ1v) is 12.2. The van der Waals surface area contributed by atoms with E-state index in [0.29, 0.717) is 41.8 Å². The lowest BCUT2D eigenvalue weighted by atomic mass is 9.75. The topological polar surface area (TPSA) is 142 Å². The van der Waals surface area contributed by atoms with Crippen molar-refractivity contribution >= 4 is 23.3 Å². The number of anilines is 1. The Kier molecular flexibility index (Phi) is 6.73. The molecular formula is C26H35N5O4. The summed E-state index contributed by atoms with van der Waals surface area (Å²) in [5.41, 5.74) is 15.2. The second-order valence-electron chi connectivity index (χ2n) is 10.7. The standard InChI is InChI=1S/C26H35N5O4/c1-14(27)25(34)35-18-8-5-16(6-9-18)29-20-11-17(7-10-19(20)24(28)33)31-21-12-26(3,4)13-22(32)23(21)15(2)30-31/h7,10-11,14,16,18,29H,5-6,8-9,12-13,27H2,1-4H3,(H2,28,33)/t14-,16?,18?/m1/s1. The Morgan fingerprint density at radius 3 is 2.51 bits per heavy atom. The number of carbonyl (C=O) groups excluding carboxylic acids is 3. The number of nitrogens with one attached hydrogen (secondary N) is 1. The molecule has 2 aromatic rings. The summed E-state index contributed by atoms with van der Waals surface area (Å²) in [6.45, 7) is 7.65. The van der Waals surface area contributed by atoms with E-state index in [9.17, 15) is 14.4 Å². The molecule has 35 heavy (non-hydrogen) atoms. The van der Waals surface area contributed by atoms with Crippen LogP contribution in [0.25, 0.3) is 5.69 Å². The molecule has 0 unspecified atom stereocenters. The van der Waals surface area contributed by atoms with Crippen molar-refractivity contribution in [2.75, 3.05) is 5.32 Å². The second-order valence-corrected chi connectivity index (χ2v) is 10.7. The van der Waals surface area contributed by atoms with E-state index < -0.39 is 11.9 Å². The van der Waals surface area contributed by atoms with E-state index >= 15 is 0 Å². The van der Waals surface area contributed by atoms with Gasteiger partial charge in [-0.2, -0.15) is 5.10 Å². The van der Waals surface area contributed by atoms with E-state index in [1.807, 2.05) is 23.7 Å². The van der Waals surface area contributed by atoms with Crippen molar-refractivity contribution in [3.63, 3.8) is 0 Å². The normalized spacial score (nSPS) is 22.3. The Morgan fingerprint density at radius 1 is 1.20 bits per heavy atom. The van der Waals surface area contributed by atoms with Gasteiger partial charge in [-0.1, -0.05) is 13.8 Å². The highest BCUT2D eigenvalue weighted by Gasteiger charge is 2.36. The van der Waals surface area contributed by atoms with Crippen LogP contribution in [0.2, 0.25) is 0 Å². The number of ether oxygens (including phenoxy) is 1. The molecule has 2 aliphatic carbocycles. The maximum Gasteiger partial charge on any atom is 0.322 e. The summed E-state index contributed by atoms with van der Waals surface area (Å²) in [7, 11) is 0. The molecule has 4 rings (SSSR count). The molecule has 2 aliphatic rings. The Morgan fingerprint density at radius 2 is 1.89 bits per heavy atom. The number of benzene rings is 1. The van der Waals surface area contributed by atoms with Crippen LogP contribution in [0.15, 0.2) is 18.2 Å². The Balaban J connectivity index is 1.58. The van der Waals surface area contributed by atoms with E-state index in [0.717, 1.165) is 30.6 Å². The summed E-state index contributed by atoms with van der Waals surface area (Å²) in [5.74, 6) is -0.785. The molecular weight excluding hydrogens is 446 g/mol. The van der Waals surface area contributed by atoms with Crippen molar-refractivity contribution in [1.82, 2.24) is 9.78 Å². The van der Waals surface area contributed by atoms with Crippen molar-refractivity contribution in [2.24, 2.45) is 16.9 Å². The number of nitrogens with two attached hydrogens (primary N) is 2. The van der Waals surface area contributed by atoms with Gasteiger partial charge in [-0.05, 0) is 69.6 Å². The number of Topliss-reactive ketones (excluding diaryl/α,β-unsaturated/α-hetero) is 1. The largest absolute Gasteiger partial charge is 0.461 e. The van der Waals surface area contributed by atoms with Crippen molar-refractivity contribution in [3.05, 3.63) is 40.7 Å². The molecule has 1 saturated carbocycles. The van der Waals surface area contributed by atoms with Crippen LogP contribution in [-0.2, 0) is 16.0 Å². The van der Waals surface area contributed by atoms with Crippen molar-refractivity contribution in [1.29, 1.82) is 0 Å². The van der Waals surface area contributed by atoms with E-state index in [4.69, 9.17) is 16.2 Å². The van der Waals surface area contributed by atoms with Gasteiger partial charge in [0.05, 0.1) is 28.2 Å². The fourth-order valence-corrected chi connectivity index (χ4v) is 5.17. The summed E-state index contributed by atoms with van der Waals surface area (Å²) in [4.78, 5) is 36.8. The van der Waals surface area contributed by atoms with Crippen LogP contribution in [0.5, 0.6) is 0 Å². The number of amides is 1. The van der Waals surface area contributed by atoms with Crippen LogP contribution in [0.1, 0.15) is 85.0 Å². The van der Waals surface area contributed by atoms with E-state index in [1.54, 1.807) is 13.0 Å². The first-order chi connectivity index (χ1) is 16.4. The Bertz CT molecular complexity index is 1160. The molecule has 1 aromatic heterocycles. The molecule has 1 amide bonds. The van der Waals surface area contributed by atoms with Gasteiger partial charge in [-0.15, -0.1) is 0 Å². The molecule has 0 radical (unpaired) electrons. The highest BCUT2D eigenvalue weighted by molar-refractivity contribution is 6.00. The van der Waals surface area contributed by atoms with Gasteiger partial charge in [-0.25, -0.2) is 4.68 Å². The molecule has 0 bridgehead atoms. The molecule has 1 atom stereocenters. The number of fused-ring (bicyclic) bond motifs is 1. The summed E-state index contributed by atoms with van der Waals surface area (Å²) in [6, 6.07) is 4.86. The van der Waals surface area contributed by atoms with Crippen LogP contribution in [0.4, 0.5) is 5.69 Å². The first kappa shape index (κ1) is 24.9. The minimum atomic E-state index is -0.635. The van der Waals surface area contributed by atoms with Crippen LogP contribution in [0.3, 0.4) is 0 Å². The predicted octanol–water partition coefficient (Wildman–Crippen LogP) is 3.05. The van der Waals surface area contributed by atoms with Gasteiger partial charge in [0.2, 0.25) is 0 Å². The van der Waals surface area contributed by atoms with Crippen LogP contribution >= 0.6 is 0 Å². The monoisotopic (exact) mass is 481 g/mol. The average molecular weight is 482 g/mol. The SMILES string of the molecule is Cc1nn(-c2ccc(C(N)=O)c(NC3CCC(OC(=O)[C@@H](C)N)CC3)c2)c2c1C(=O)CC(C)(C)C2. The number of esters is 1. The second kappa shape index (κ2) is 9.45. The highest BCUT2D eigenvalue weighted by atomic mass is 16.5. The number of hydrogen-bond donors (Lipinski definition) is 3. The highest BCUT2D eigenvalue weighted by Crippen LogP contribution is 2.37. The minimum Gasteiger partial charge on any atom is -0.461 e. The third kappa shape index (κ3) is 5.24. The van der Waals surface area contributed by atoms with Crippen molar-refractivity contribution in [3.8, 4) is 5.69 Å². The summed E-state index contributed by atoms with van der Waals surface area (Å²) in [6.07, 6.45) is 4.07. The molecule has 1 heterocycles. The number of rotatable bonds is 6. The zero-order valence-electron chi connectivity index (χ0n) is 20.9. The molecule has 9 heteroatoms. The zero-order valence-corrected chi connectivity index (χ0v) is 20.9. The van der Waals surface area contributed by atoms with Crippen LogP contribution in [-0.4, -0.2) is 45.6 Å². The lowest BCUT2D eigenvalue weighted by Crippen LogP contribution is -2.36. The van der Waals surface area contributed by atoms with E-state index in [1.165, 1.54) is 0 Å². The summed E-state index contributed by atoms with van der Waals surface area (Å²) < 4.78 is 7.29. The van der Waals surface area contributed by atoms with Crippen LogP contribution < -0.4 is 16.8 Å². The van der Waals surface area contributed by atoms with Gasteiger partial charge in [0.15, 0.2) is 5.78 Å². The molecule has 188 valence electrons. The quantitative estimate of drug-likeness (QED) is 0.538. The Labute approximate surface area is 205 Å². The molecule has 1 fully saturated rings. The third-order valence-corrected chi connectivity index (χ3v) is 6.92. The van der Waals surface area contributed by atoms with E-state index in [-0.39, 0.29) is 29.3 Å². The molecule has 5 N–H and O–H groups in total. The number of hydrogen-bond acceptors (Lipinski definition) is 7. The van der Waals surface area contributed by atoms with Gasteiger partial charge in [-0.3, -0.25) is 14.4 Å². The number of aromatic nitrogens is 2. The maximum atomic E-state index is 12.8. The van der Waals surface area contributed by atoms with E-state index in [2.05, 4.69) is 24.3 Å². The van der Waals surface area contributed by atoms with Gasteiger partial charge in [0.1, 0.15) is 12.1 Å². The molecule has 9 nitrogen and oxygen atoms in total. The average Bonchev–Trinajstić information content (AvgIpc) is 3.09. The fourth-order valence-electron chi connectivity index (χ4n) is 5.17. The van der Waals surface area contributed by atoms with Gasteiger partial charge < -0.3 is 21.5 Å². The van der Waals surface area contributed by atoms with Crippen LogP contribution in [0, 0.1) is 12.3 Å². The van der Waals surface area contributed by atoms with Crippen molar-refractivity contribution < 1.29 is 19.1 Å². The first-order valence-electron chi connectivity index (χ1n) is 12.2. The number of ketones is 1. The molecule has 0 spiro atoms. The van der Waals surface area contributed by atoms with Gasteiger partial charge in [0, 0.05) is 18.2 Å². The zero-order chi connectivity index (χ0) is 25.5. The van der Waals surface area contributed by atoms with Crippen molar-refractivity contribution in [2.45, 2.75) is 84.4 Å². The number of primary amides is 1. The fraction of sp³-hybridized carbons (Fsp3) is 0.538. The summed E-state index contributed by atoms with van der Waals surface area (Å²) in [5, 5.41) is 8.16. The Hall–Kier alpha value is -3.20. The number of aryl methyl sites for hydroxylation is 1. The molecule has 0 saturated heterocycles. The minimum absolute atomic E-state index is 0.0994. The predicted molar refractivity (Wildman–Crippen MR) is 133 cm³/mol. The molecule has 0 aliphatic heterocycles. The smallest absolute Gasteiger partial charge is 0.322 e. The van der Waals surface area contributed by atoms with Gasteiger partial charge >= 0.3 is 5.97 Å². The lowest BCUT2D eigenvalue weighted by molar-refractivity contribution is -0.151. The number of nitrogens with zero attached hydrogens (tertiary/aromatic N) is 2. The lowest BCUT2D eigenvalue weighted by Gasteiger charge is -2.30. The third-order valence-electron chi connectivity index (χ3n) is 6.92. The number of carbonyl (C=O) groups is 3. The molecule has 1 aromatic carbocycles.